The number of aliphatic hydroxyl groups excluding tert-OH is 1. The second-order valence-corrected chi connectivity index (χ2v) is 8.68. The zero-order valence-electron chi connectivity index (χ0n) is 20.3. The predicted molar refractivity (Wildman–Crippen MR) is 146 cm³/mol. The topological polar surface area (TPSA) is 50.2 Å². The maximum absolute atomic E-state index is 13.8. The van der Waals surface area contributed by atoms with Crippen LogP contribution in [0.5, 0.6) is 0 Å². The normalized spacial score (nSPS) is 11.3. The molecule has 0 aliphatic heterocycles. The fraction of sp³-hybridized carbons (Fsp3) is 0.0625. The van der Waals surface area contributed by atoms with Gasteiger partial charge in [-0.15, -0.1) is 17.5 Å². The van der Waals surface area contributed by atoms with Crippen molar-refractivity contribution in [2.45, 2.75) is 13.8 Å². The Labute approximate surface area is 227 Å². The van der Waals surface area contributed by atoms with Gasteiger partial charge >= 0.3 is 0 Å². The van der Waals surface area contributed by atoms with Crippen LogP contribution in [0.1, 0.15) is 13.8 Å². The number of nitrogens with zero attached hydrogens (tertiary/aromatic N) is 1. The van der Waals surface area contributed by atoms with E-state index in [0.717, 1.165) is 43.7 Å². The molecule has 0 aliphatic carbocycles. The molecule has 5 heteroatoms. The number of aliphatic hydroxyl groups is 1. The summed E-state index contributed by atoms with van der Waals surface area (Å²) < 4.78 is 13.8. The zero-order valence-corrected chi connectivity index (χ0v) is 22.6. The molecule has 37 heavy (non-hydrogen) atoms. The molecule has 5 aromatic carbocycles. The third-order valence-electron chi connectivity index (χ3n) is 5.99. The molecule has 1 N–H and O–H groups in total. The quantitative estimate of drug-likeness (QED) is 0.0877. The van der Waals surface area contributed by atoms with Crippen LogP contribution in [0.2, 0.25) is 0 Å². The molecular formula is C32H23FIrNO2-. The van der Waals surface area contributed by atoms with Crippen LogP contribution in [0.15, 0.2) is 103 Å². The van der Waals surface area contributed by atoms with Gasteiger partial charge in [0.1, 0.15) is 5.82 Å². The van der Waals surface area contributed by atoms with E-state index in [0.29, 0.717) is 0 Å². The van der Waals surface area contributed by atoms with Gasteiger partial charge in [-0.3, -0.25) is 9.78 Å². The third kappa shape index (κ3) is 5.43. The molecule has 6 rings (SSSR count). The van der Waals surface area contributed by atoms with Crippen LogP contribution in [-0.4, -0.2) is 15.9 Å². The molecule has 185 valence electrons. The molecule has 0 amide bonds. The summed E-state index contributed by atoms with van der Waals surface area (Å²) in [4.78, 5) is 14.9. The Morgan fingerprint density at radius 3 is 2.19 bits per heavy atom. The Kier molecular flexibility index (Phi) is 7.77. The molecule has 1 heterocycles. The van der Waals surface area contributed by atoms with Crippen LogP contribution < -0.4 is 0 Å². The van der Waals surface area contributed by atoms with Crippen LogP contribution in [0, 0.1) is 11.9 Å². The van der Waals surface area contributed by atoms with Gasteiger partial charge in [-0.1, -0.05) is 88.5 Å². The first kappa shape index (κ1) is 26.2. The van der Waals surface area contributed by atoms with Crippen molar-refractivity contribution < 1.29 is 34.4 Å². The standard InChI is InChI=1S/C27H15FN.C5H8O2.Ir/c28-19-11-9-17-10-13-26-23(24(17)16-19)12-14-27(29-26)25-15-18-5-1-2-6-20(18)21-7-3-4-8-22(21)25;1-4(6)3-5(2)7;/h1-14,16H;3,6H,1-2H3;/q-1;;/b;4-3-;. The Bertz CT molecular complexity index is 1810. The fourth-order valence-corrected chi connectivity index (χ4v) is 4.51. The smallest absolute Gasteiger partial charge is 0.155 e. The predicted octanol–water partition coefficient (Wildman–Crippen LogP) is 8.34. The third-order valence-corrected chi connectivity index (χ3v) is 5.99. The van der Waals surface area contributed by atoms with Gasteiger partial charge in [-0.05, 0) is 42.8 Å². The number of hydrogen-bond acceptors (Lipinski definition) is 3. The number of halogens is 1. The number of allylic oxidation sites excluding steroid dienone is 2. The second-order valence-electron chi connectivity index (χ2n) is 8.68. The molecular weight excluding hydrogens is 642 g/mol. The average molecular weight is 665 g/mol. The van der Waals surface area contributed by atoms with E-state index in [2.05, 4.69) is 42.5 Å². The molecule has 6 aromatic rings. The number of aromatic nitrogens is 1. The second kappa shape index (κ2) is 11.0. The summed E-state index contributed by atoms with van der Waals surface area (Å²) in [5, 5.41) is 15.8. The van der Waals surface area contributed by atoms with Gasteiger partial charge in [0.25, 0.3) is 0 Å². The van der Waals surface area contributed by atoms with Gasteiger partial charge < -0.3 is 5.11 Å². The minimum absolute atomic E-state index is 0. The number of carbonyl (C=O) groups is 1. The summed E-state index contributed by atoms with van der Waals surface area (Å²) in [5.74, 6) is -0.296. The van der Waals surface area contributed by atoms with Gasteiger partial charge in [0.2, 0.25) is 0 Å². The van der Waals surface area contributed by atoms with Crippen molar-refractivity contribution in [3.05, 3.63) is 115 Å². The number of hydrogen-bond donors (Lipinski definition) is 1. The van der Waals surface area contributed by atoms with Crippen molar-refractivity contribution >= 4 is 49.0 Å². The van der Waals surface area contributed by atoms with Crippen molar-refractivity contribution in [3.8, 4) is 11.3 Å². The van der Waals surface area contributed by atoms with E-state index in [-0.39, 0.29) is 37.5 Å². The molecule has 0 saturated heterocycles. The van der Waals surface area contributed by atoms with E-state index in [1.807, 2.05) is 42.5 Å². The first-order chi connectivity index (χ1) is 17.4. The minimum atomic E-state index is -0.233. The Hall–Kier alpha value is -3.92. The number of rotatable bonds is 2. The molecule has 0 spiro atoms. The Morgan fingerprint density at radius 2 is 1.49 bits per heavy atom. The molecule has 1 aromatic heterocycles. The Morgan fingerprint density at radius 1 is 0.811 bits per heavy atom. The van der Waals surface area contributed by atoms with Crippen LogP contribution in [0.4, 0.5) is 4.39 Å². The molecule has 0 atom stereocenters. The zero-order chi connectivity index (χ0) is 25.2. The molecule has 0 unspecified atom stereocenters. The van der Waals surface area contributed by atoms with E-state index in [9.17, 15) is 9.18 Å². The fourth-order valence-electron chi connectivity index (χ4n) is 4.51. The molecule has 0 bridgehead atoms. The molecule has 1 radical (unpaired) electrons. The van der Waals surface area contributed by atoms with Crippen molar-refractivity contribution in [2.75, 3.05) is 0 Å². The van der Waals surface area contributed by atoms with Crippen molar-refractivity contribution in [1.29, 1.82) is 0 Å². The van der Waals surface area contributed by atoms with Crippen molar-refractivity contribution in [1.82, 2.24) is 4.98 Å². The van der Waals surface area contributed by atoms with E-state index < -0.39 is 0 Å². The average Bonchev–Trinajstić information content (AvgIpc) is 2.87. The number of pyridine rings is 1. The van der Waals surface area contributed by atoms with Crippen LogP contribution in [0.25, 0.3) is 54.5 Å². The first-order valence-corrected chi connectivity index (χ1v) is 11.6. The van der Waals surface area contributed by atoms with Gasteiger partial charge in [-0.2, -0.15) is 0 Å². The van der Waals surface area contributed by atoms with Crippen LogP contribution >= 0.6 is 0 Å². The first-order valence-electron chi connectivity index (χ1n) is 11.6. The molecule has 0 saturated carbocycles. The largest absolute Gasteiger partial charge is 0.512 e. The van der Waals surface area contributed by atoms with Gasteiger partial charge in [0.05, 0.1) is 11.3 Å². The number of benzene rings is 5. The summed E-state index contributed by atoms with van der Waals surface area (Å²) >= 11 is 0. The van der Waals surface area contributed by atoms with Crippen molar-refractivity contribution in [2.24, 2.45) is 0 Å². The minimum Gasteiger partial charge on any atom is -0.512 e. The van der Waals surface area contributed by atoms with E-state index in [1.165, 1.54) is 36.8 Å². The summed E-state index contributed by atoms with van der Waals surface area (Å²) in [6, 6.07) is 33.2. The maximum atomic E-state index is 13.8. The summed E-state index contributed by atoms with van der Waals surface area (Å²) in [5.41, 5.74) is 2.71. The number of carbonyl (C=O) groups excluding carboxylic acids is 1. The molecule has 0 fully saturated rings. The van der Waals surface area contributed by atoms with Crippen molar-refractivity contribution in [3.63, 3.8) is 0 Å². The molecule has 0 aliphatic rings. The SMILES string of the molecule is CC(=O)/C=C(/C)O.Fc1ccc2ccc3nc(-c4[c-]c5ccccc5c5ccccc45)ccc3c2c1.[Ir]. The Balaban J connectivity index is 0.000000356. The van der Waals surface area contributed by atoms with Crippen LogP contribution in [-0.2, 0) is 24.9 Å². The summed E-state index contributed by atoms with van der Waals surface area (Å²) in [6.45, 7) is 2.85. The van der Waals surface area contributed by atoms with E-state index in [1.54, 1.807) is 6.07 Å². The van der Waals surface area contributed by atoms with E-state index in [4.69, 9.17) is 10.1 Å². The summed E-state index contributed by atoms with van der Waals surface area (Å²) in [7, 11) is 0. The van der Waals surface area contributed by atoms with E-state index >= 15 is 0 Å². The summed E-state index contributed by atoms with van der Waals surface area (Å²) in [6.07, 6.45) is 1.17. The van der Waals surface area contributed by atoms with Gasteiger partial charge in [0, 0.05) is 37.3 Å². The maximum Gasteiger partial charge on any atom is 0.155 e. The number of fused-ring (bicyclic) bond motifs is 6. The van der Waals surface area contributed by atoms with Gasteiger partial charge in [0.15, 0.2) is 5.78 Å². The van der Waals surface area contributed by atoms with Crippen LogP contribution in [0.3, 0.4) is 0 Å². The van der Waals surface area contributed by atoms with Gasteiger partial charge in [-0.25, -0.2) is 4.39 Å². The monoisotopic (exact) mass is 665 g/mol. The molecule has 3 nitrogen and oxygen atoms in total. The number of ketones is 1.